The summed E-state index contributed by atoms with van der Waals surface area (Å²) in [4.78, 5) is 26.3. The second-order valence-electron chi connectivity index (χ2n) is 6.91. The van der Waals surface area contributed by atoms with Gasteiger partial charge in [0.05, 0.1) is 7.11 Å². The lowest BCUT2D eigenvalue weighted by Crippen LogP contribution is -2.38. The van der Waals surface area contributed by atoms with Crippen LogP contribution < -0.4 is 15.4 Å². The van der Waals surface area contributed by atoms with Gasteiger partial charge < -0.3 is 20.3 Å². The third-order valence-electron chi connectivity index (χ3n) is 4.47. The summed E-state index contributed by atoms with van der Waals surface area (Å²) in [7, 11) is 1.60. The van der Waals surface area contributed by atoms with Crippen LogP contribution in [0.5, 0.6) is 5.75 Å². The summed E-state index contributed by atoms with van der Waals surface area (Å²) >= 11 is 0. The maximum absolute atomic E-state index is 12.2. The number of ether oxygens (including phenoxy) is 1. The molecule has 0 radical (unpaired) electrons. The molecule has 1 saturated heterocycles. The summed E-state index contributed by atoms with van der Waals surface area (Å²) in [5.41, 5.74) is 0.710. The number of carbonyl (C=O) groups excluding carboxylic acids is 2. The van der Waals surface area contributed by atoms with Crippen molar-refractivity contribution in [2.24, 2.45) is 5.92 Å². The molecule has 2 N–H and O–H groups in total. The van der Waals surface area contributed by atoms with Gasteiger partial charge in [-0.3, -0.25) is 4.79 Å². The van der Waals surface area contributed by atoms with Gasteiger partial charge >= 0.3 is 6.03 Å². The van der Waals surface area contributed by atoms with Crippen molar-refractivity contribution < 1.29 is 14.3 Å². The molecule has 0 saturated carbocycles. The number of anilines is 1. The second kappa shape index (κ2) is 9.30. The molecule has 2 rings (SSSR count). The zero-order valence-electron chi connectivity index (χ0n) is 15.4. The number of hydrogen-bond acceptors (Lipinski definition) is 3. The van der Waals surface area contributed by atoms with E-state index in [4.69, 9.17) is 4.74 Å². The van der Waals surface area contributed by atoms with Crippen LogP contribution in [0.3, 0.4) is 0 Å². The Morgan fingerprint density at radius 2 is 2.00 bits per heavy atom. The molecule has 0 aromatic heterocycles. The Hall–Kier alpha value is -2.24. The number of rotatable bonds is 6. The number of hydrogen-bond donors (Lipinski definition) is 2. The molecule has 0 spiro atoms. The number of amides is 3. The lowest BCUT2D eigenvalue weighted by atomic mass is 10.1. The normalized spacial score (nSPS) is 18.0. The fraction of sp³-hybridized carbons (Fsp3) is 0.579. The molecule has 1 atom stereocenters. The van der Waals surface area contributed by atoms with Gasteiger partial charge in [0, 0.05) is 31.2 Å². The number of nitrogens with zero attached hydrogens (tertiary/aromatic N) is 1. The van der Waals surface area contributed by atoms with Crippen molar-refractivity contribution in [1.82, 2.24) is 10.2 Å². The molecular formula is C19H29N3O3. The van der Waals surface area contributed by atoms with Crippen LogP contribution in [0.15, 0.2) is 24.3 Å². The highest BCUT2D eigenvalue weighted by Crippen LogP contribution is 2.16. The Kier molecular flexibility index (Phi) is 7.10. The monoisotopic (exact) mass is 347 g/mol. The molecule has 6 heteroatoms. The van der Waals surface area contributed by atoms with Crippen molar-refractivity contribution in [1.29, 1.82) is 0 Å². The largest absolute Gasteiger partial charge is 0.497 e. The highest BCUT2D eigenvalue weighted by atomic mass is 16.5. The van der Waals surface area contributed by atoms with Crippen LogP contribution in [0.1, 0.15) is 39.5 Å². The topological polar surface area (TPSA) is 70.7 Å². The molecule has 1 aliphatic heterocycles. The molecule has 0 bridgehead atoms. The molecule has 1 aliphatic rings. The van der Waals surface area contributed by atoms with Crippen molar-refractivity contribution in [3.05, 3.63) is 24.3 Å². The van der Waals surface area contributed by atoms with Crippen LogP contribution in [0.25, 0.3) is 0 Å². The van der Waals surface area contributed by atoms with Gasteiger partial charge in [-0.25, -0.2) is 4.79 Å². The van der Waals surface area contributed by atoms with E-state index in [1.54, 1.807) is 31.4 Å². The average Bonchev–Trinajstić information content (AvgIpc) is 2.75. The van der Waals surface area contributed by atoms with Gasteiger partial charge in [0.15, 0.2) is 0 Å². The van der Waals surface area contributed by atoms with Crippen LogP contribution in [0, 0.1) is 5.92 Å². The molecule has 25 heavy (non-hydrogen) atoms. The Morgan fingerprint density at radius 3 is 2.64 bits per heavy atom. The molecule has 3 amide bonds. The van der Waals surface area contributed by atoms with Gasteiger partial charge in [0.25, 0.3) is 0 Å². The minimum Gasteiger partial charge on any atom is -0.497 e. The van der Waals surface area contributed by atoms with Crippen molar-refractivity contribution in [3.63, 3.8) is 0 Å². The number of benzene rings is 1. The SMILES string of the molecule is COc1ccc(NC(=O)NC2CCC(=O)N(CCC(C)C)CC2)cc1. The first-order valence-electron chi connectivity index (χ1n) is 8.97. The first kappa shape index (κ1) is 19.1. The maximum atomic E-state index is 12.2. The van der Waals surface area contributed by atoms with Crippen molar-refractivity contribution in [2.45, 2.75) is 45.6 Å². The number of likely N-dealkylation sites (tertiary alicyclic amines) is 1. The van der Waals surface area contributed by atoms with Crippen LogP contribution in [-0.4, -0.2) is 43.1 Å². The molecule has 138 valence electrons. The lowest BCUT2D eigenvalue weighted by Gasteiger charge is -2.22. The van der Waals surface area contributed by atoms with E-state index in [2.05, 4.69) is 24.5 Å². The van der Waals surface area contributed by atoms with Gasteiger partial charge in [-0.2, -0.15) is 0 Å². The van der Waals surface area contributed by atoms with Crippen LogP contribution in [0.4, 0.5) is 10.5 Å². The fourth-order valence-electron chi connectivity index (χ4n) is 2.86. The molecule has 1 heterocycles. The highest BCUT2D eigenvalue weighted by Gasteiger charge is 2.23. The van der Waals surface area contributed by atoms with Crippen LogP contribution in [0.2, 0.25) is 0 Å². The summed E-state index contributed by atoms with van der Waals surface area (Å²) in [6, 6.07) is 6.97. The van der Waals surface area contributed by atoms with Crippen LogP contribution in [-0.2, 0) is 4.79 Å². The Morgan fingerprint density at radius 1 is 1.28 bits per heavy atom. The van der Waals surface area contributed by atoms with Gasteiger partial charge in [0.1, 0.15) is 5.75 Å². The Balaban J connectivity index is 1.81. The smallest absolute Gasteiger partial charge is 0.319 e. The van der Waals surface area contributed by atoms with Gasteiger partial charge in [-0.1, -0.05) is 13.8 Å². The number of urea groups is 1. The minimum absolute atomic E-state index is 0.0197. The first-order chi connectivity index (χ1) is 12.0. The second-order valence-corrected chi connectivity index (χ2v) is 6.91. The molecule has 1 aromatic carbocycles. The summed E-state index contributed by atoms with van der Waals surface area (Å²) in [5.74, 6) is 1.52. The molecular weight excluding hydrogens is 318 g/mol. The van der Waals surface area contributed by atoms with E-state index < -0.39 is 0 Å². The molecule has 1 fully saturated rings. The van der Waals surface area contributed by atoms with Crippen LogP contribution >= 0.6 is 0 Å². The average molecular weight is 347 g/mol. The molecule has 0 aliphatic carbocycles. The summed E-state index contributed by atoms with van der Waals surface area (Å²) in [5, 5.41) is 5.80. The Labute approximate surface area is 149 Å². The van der Waals surface area contributed by atoms with E-state index in [0.717, 1.165) is 25.1 Å². The molecule has 1 unspecified atom stereocenters. The van der Waals surface area contributed by atoms with Gasteiger partial charge in [-0.05, 0) is 49.4 Å². The molecule has 1 aromatic rings. The number of carbonyl (C=O) groups is 2. The maximum Gasteiger partial charge on any atom is 0.319 e. The van der Waals surface area contributed by atoms with Gasteiger partial charge in [0.2, 0.25) is 5.91 Å². The third-order valence-corrected chi connectivity index (χ3v) is 4.47. The number of nitrogens with one attached hydrogen (secondary N) is 2. The summed E-state index contributed by atoms with van der Waals surface area (Å²) in [6.45, 7) is 5.84. The third kappa shape index (κ3) is 6.29. The van der Waals surface area contributed by atoms with E-state index in [1.165, 1.54) is 0 Å². The van der Waals surface area contributed by atoms with E-state index in [-0.39, 0.29) is 18.0 Å². The minimum atomic E-state index is -0.238. The number of methoxy groups -OCH3 is 1. The Bertz CT molecular complexity index is 572. The standard InChI is InChI=1S/C19H29N3O3/c1-14(2)10-12-22-13-11-16(6-9-18(22)23)21-19(24)20-15-4-7-17(25-3)8-5-15/h4-5,7-8,14,16H,6,9-13H2,1-3H3,(H2,20,21,24). The quantitative estimate of drug-likeness (QED) is 0.830. The predicted molar refractivity (Wildman–Crippen MR) is 98.8 cm³/mol. The van der Waals surface area contributed by atoms with Gasteiger partial charge in [-0.15, -0.1) is 0 Å². The van der Waals surface area contributed by atoms with E-state index in [0.29, 0.717) is 31.0 Å². The van der Waals surface area contributed by atoms with Crippen molar-refractivity contribution in [2.75, 3.05) is 25.5 Å². The van der Waals surface area contributed by atoms with E-state index >= 15 is 0 Å². The summed E-state index contributed by atoms with van der Waals surface area (Å²) < 4.78 is 5.10. The lowest BCUT2D eigenvalue weighted by molar-refractivity contribution is -0.130. The first-order valence-corrected chi connectivity index (χ1v) is 8.97. The fourth-order valence-corrected chi connectivity index (χ4v) is 2.86. The zero-order chi connectivity index (χ0) is 18.2. The highest BCUT2D eigenvalue weighted by molar-refractivity contribution is 5.89. The summed E-state index contributed by atoms with van der Waals surface area (Å²) in [6.07, 6.45) is 2.99. The van der Waals surface area contributed by atoms with Crippen molar-refractivity contribution >= 4 is 17.6 Å². The zero-order valence-corrected chi connectivity index (χ0v) is 15.4. The molecule has 6 nitrogen and oxygen atoms in total. The van der Waals surface area contributed by atoms with Crippen molar-refractivity contribution in [3.8, 4) is 5.75 Å². The van der Waals surface area contributed by atoms with E-state index in [1.807, 2.05) is 4.90 Å². The predicted octanol–water partition coefficient (Wildman–Crippen LogP) is 3.24. The van der Waals surface area contributed by atoms with E-state index in [9.17, 15) is 9.59 Å².